The molecule has 2 amide bonds. The maximum absolute atomic E-state index is 13.2. The van der Waals surface area contributed by atoms with E-state index in [1.54, 1.807) is 22.5 Å². The molecule has 38 heavy (non-hydrogen) atoms. The number of carbonyl (C=O) groups is 2. The van der Waals surface area contributed by atoms with Crippen molar-refractivity contribution in [2.24, 2.45) is 0 Å². The van der Waals surface area contributed by atoms with Crippen molar-refractivity contribution in [2.75, 3.05) is 16.8 Å². The van der Waals surface area contributed by atoms with Crippen LogP contribution in [-0.4, -0.2) is 29.1 Å². The fourth-order valence-electron chi connectivity index (χ4n) is 4.01. The molecule has 196 valence electrons. The number of benzene rings is 3. The van der Waals surface area contributed by atoms with Gasteiger partial charge in [-0.15, -0.1) is 11.3 Å². The number of aryl methyl sites for hydroxylation is 1. The number of carbonyl (C=O) groups excluding carboxylic acids is 2. The minimum absolute atomic E-state index is 0.194. The van der Waals surface area contributed by atoms with Gasteiger partial charge in [0.2, 0.25) is 0 Å². The van der Waals surface area contributed by atoms with E-state index in [0.717, 1.165) is 23.2 Å². The lowest BCUT2D eigenvalue weighted by atomic mass is 9.98. The smallest absolute Gasteiger partial charge is 0.414 e. The monoisotopic (exact) mass is 527 g/mol. The summed E-state index contributed by atoms with van der Waals surface area (Å²) in [5, 5.41) is 4.97. The van der Waals surface area contributed by atoms with Gasteiger partial charge >= 0.3 is 6.09 Å². The second-order valence-corrected chi connectivity index (χ2v) is 10.7. The molecule has 0 aliphatic carbocycles. The standard InChI is InChI=1S/C31H33N3O3S/c1-5-22-10-12-23(13-11-22)27-8-6-7-9-28(27)29(35)33-24-14-16-26(17-15-24)34(30(36)37-31(2,3)4)19-18-25-20-38-21-32-25/h6-17,20-21H,5,18-19H2,1-4H3,(H,33,35). The summed E-state index contributed by atoms with van der Waals surface area (Å²) >= 11 is 1.53. The van der Waals surface area contributed by atoms with Crippen LogP contribution in [0.4, 0.5) is 16.2 Å². The van der Waals surface area contributed by atoms with E-state index in [9.17, 15) is 9.59 Å². The number of thiazole rings is 1. The first kappa shape index (κ1) is 27.1. The van der Waals surface area contributed by atoms with Gasteiger partial charge < -0.3 is 10.1 Å². The predicted octanol–water partition coefficient (Wildman–Crippen LogP) is 7.61. The molecule has 0 fully saturated rings. The summed E-state index contributed by atoms with van der Waals surface area (Å²) < 4.78 is 5.65. The molecular formula is C31H33N3O3S. The van der Waals surface area contributed by atoms with Crippen LogP contribution in [0.5, 0.6) is 0 Å². The average Bonchev–Trinajstić information content (AvgIpc) is 3.42. The van der Waals surface area contributed by atoms with E-state index in [-0.39, 0.29) is 5.91 Å². The molecule has 7 heteroatoms. The summed E-state index contributed by atoms with van der Waals surface area (Å²) in [5.41, 5.74) is 7.14. The van der Waals surface area contributed by atoms with E-state index in [2.05, 4.69) is 41.5 Å². The summed E-state index contributed by atoms with van der Waals surface area (Å²) in [6.45, 7) is 8.08. The highest BCUT2D eigenvalue weighted by atomic mass is 32.1. The lowest BCUT2D eigenvalue weighted by Gasteiger charge is -2.27. The van der Waals surface area contributed by atoms with Crippen molar-refractivity contribution in [3.63, 3.8) is 0 Å². The fraction of sp³-hybridized carbons (Fsp3) is 0.258. The summed E-state index contributed by atoms with van der Waals surface area (Å²) in [7, 11) is 0. The maximum atomic E-state index is 13.2. The van der Waals surface area contributed by atoms with Crippen molar-refractivity contribution in [1.29, 1.82) is 0 Å². The molecule has 6 nitrogen and oxygen atoms in total. The summed E-state index contributed by atoms with van der Waals surface area (Å²) in [5.74, 6) is -0.194. The van der Waals surface area contributed by atoms with Crippen LogP contribution in [-0.2, 0) is 17.6 Å². The van der Waals surface area contributed by atoms with Gasteiger partial charge in [0.05, 0.1) is 11.2 Å². The number of aromatic nitrogens is 1. The maximum Gasteiger partial charge on any atom is 0.414 e. The SMILES string of the molecule is CCc1ccc(-c2ccccc2C(=O)Nc2ccc(N(CCc3cscn3)C(=O)OC(C)(C)C)cc2)cc1. The third kappa shape index (κ3) is 7.07. The van der Waals surface area contributed by atoms with Crippen LogP contribution in [0.2, 0.25) is 0 Å². The van der Waals surface area contributed by atoms with E-state index >= 15 is 0 Å². The Bertz CT molecular complexity index is 1360. The predicted molar refractivity (Wildman–Crippen MR) is 155 cm³/mol. The molecule has 0 saturated carbocycles. The van der Waals surface area contributed by atoms with Crippen LogP contribution in [0.3, 0.4) is 0 Å². The van der Waals surface area contributed by atoms with Crippen molar-refractivity contribution < 1.29 is 14.3 Å². The number of ether oxygens (including phenoxy) is 1. The van der Waals surface area contributed by atoms with Crippen molar-refractivity contribution in [3.8, 4) is 11.1 Å². The van der Waals surface area contributed by atoms with Gasteiger partial charge in [0.25, 0.3) is 5.91 Å². The summed E-state index contributed by atoms with van der Waals surface area (Å²) in [6.07, 6.45) is 1.15. The third-order valence-electron chi connectivity index (χ3n) is 5.97. The van der Waals surface area contributed by atoms with Gasteiger partial charge in [-0.3, -0.25) is 9.69 Å². The average molecular weight is 528 g/mol. The number of hydrogen-bond acceptors (Lipinski definition) is 5. The highest BCUT2D eigenvalue weighted by molar-refractivity contribution is 7.07. The Balaban J connectivity index is 1.51. The second-order valence-electron chi connectivity index (χ2n) is 9.96. The van der Waals surface area contributed by atoms with Crippen molar-refractivity contribution in [2.45, 2.75) is 46.1 Å². The minimum atomic E-state index is -0.617. The summed E-state index contributed by atoms with van der Waals surface area (Å²) in [6, 6.07) is 23.1. The van der Waals surface area contributed by atoms with Gasteiger partial charge in [-0.1, -0.05) is 49.4 Å². The Morgan fingerprint density at radius 1 is 0.974 bits per heavy atom. The molecule has 1 heterocycles. The van der Waals surface area contributed by atoms with Crippen LogP contribution in [0.25, 0.3) is 11.1 Å². The lowest BCUT2D eigenvalue weighted by Crippen LogP contribution is -2.38. The quantitative estimate of drug-likeness (QED) is 0.256. The van der Waals surface area contributed by atoms with Crippen LogP contribution >= 0.6 is 11.3 Å². The number of nitrogens with zero attached hydrogens (tertiary/aromatic N) is 2. The molecule has 0 radical (unpaired) electrons. The van der Waals surface area contributed by atoms with E-state index < -0.39 is 11.7 Å². The Hall–Kier alpha value is -3.97. The van der Waals surface area contributed by atoms with Crippen LogP contribution in [0.15, 0.2) is 83.7 Å². The van der Waals surface area contributed by atoms with Crippen molar-refractivity contribution >= 4 is 34.7 Å². The molecule has 3 aromatic carbocycles. The molecule has 1 aromatic heterocycles. The molecule has 1 N–H and O–H groups in total. The molecule has 0 atom stereocenters. The van der Waals surface area contributed by atoms with E-state index in [4.69, 9.17) is 4.74 Å². The first-order chi connectivity index (χ1) is 18.2. The molecule has 0 aliphatic rings. The van der Waals surface area contributed by atoms with Crippen molar-refractivity contribution in [1.82, 2.24) is 4.98 Å². The normalized spacial score (nSPS) is 11.2. The minimum Gasteiger partial charge on any atom is -0.443 e. The highest BCUT2D eigenvalue weighted by Crippen LogP contribution is 2.26. The molecule has 0 bridgehead atoms. The van der Waals surface area contributed by atoms with Crippen molar-refractivity contribution in [3.05, 3.63) is 101 Å². The lowest BCUT2D eigenvalue weighted by molar-refractivity contribution is 0.0580. The van der Waals surface area contributed by atoms with Crippen LogP contribution in [0, 0.1) is 0 Å². The topological polar surface area (TPSA) is 71.5 Å². The van der Waals surface area contributed by atoms with Gasteiger partial charge in [-0.25, -0.2) is 9.78 Å². The van der Waals surface area contributed by atoms with Gasteiger partial charge in [0.1, 0.15) is 5.60 Å². The van der Waals surface area contributed by atoms with E-state index in [1.165, 1.54) is 16.9 Å². The van der Waals surface area contributed by atoms with E-state index in [0.29, 0.717) is 29.9 Å². The molecule has 0 saturated heterocycles. The fourth-order valence-corrected chi connectivity index (χ4v) is 4.60. The Morgan fingerprint density at radius 2 is 1.68 bits per heavy atom. The molecular weight excluding hydrogens is 494 g/mol. The summed E-state index contributed by atoms with van der Waals surface area (Å²) in [4.78, 5) is 32.2. The first-order valence-electron chi connectivity index (χ1n) is 12.7. The zero-order valence-corrected chi connectivity index (χ0v) is 23.0. The van der Waals surface area contributed by atoms with Gasteiger partial charge in [0.15, 0.2) is 0 Å². The Labute approximate surface area is 228 Å². The van der Waals surface area contributed by atoms with Gasteiger partial charge in [0, 0.05) is 35.3 Å². The molecule has 0 spiro atoms. The van der Waals surface area contributed by atoms with Gasteiger partial charge in [-0.2, -0.15) is 0 Å². The number of nitrogens with one attached hydrogen (secondary N) is 1. The Morgan fingerprint density at radius 3 is 2.32 bits per heavy atom. The number of hydrogen-bond donors (Lipinski definition) is 1. The second kappa shape index (κ2) is 12.0. The third-order valence-corrected chi connectivity index (χ3v) is 6.61. The largest absolute Gasteiger partial charge is 0.443 e. The Kier molecular flexibility index (Phi) is 8.59. The number of amides is 2. The van der Waals surface area contributed by atoms with Gasteiger partial charge in [-0.05, 0) is 74.2 Å². The molecule has 4 aromatic rings. The zero-order valence-electron chi connectivity index (χ0n) is 22.2. The van der Waals surface area contributed by atoms with Crippen LogP contribution < -0.4 is 10.2 Å². The molecule has 0 aliphatic heterocycles. The number of rotatable bonds is 8. The van der Waals surface area contributed by atoms with Crippen LogP contribution in [0.1, 0.15) is 49.3 Å². The highest BCUT2D eigenvalue weighted by Gasteiger charge is 2.24. The first-order valence-corrected chi connectivity index (χ1v) is 13.6. The number of anilines is 2. The molecule has 4 rings (SSSR count). The zero-order chi connectivity index (χ0) is 27.1. The molecule has 0 unspecified atom stereocenters. The van der Waals surface area contributed by atoms with E-state index in [1.807, 2.05) is 62.5 Å².